The summed E-state index contributed by atoms with van der Waals surface area (Å²) in [7, 11) is 0.721. The Morgan fingerprint density at radius 3 is 2.25 bits per heavy atom. The van der Waals surface area contributed by atoms with E-state index in [0.717, 1.165) is 7.57 Å². The summed E-state index contributed by atoms with van der Waals surface area (Å²) in [5, 5.41) is 0. The molecule has 0 amide bonds. The van der Waals surface area contributed by atoms with E-state index in [2.05, 4.69) is 22.9 Å². The first kappa shape index (κ1) is 4.41. The minimum Gasteiger partial charge on any atom is -0.136 e. The molecule has 0 atom stereocenters. The Morgan fingerprint density at radius 2 is 2.25 bits per heavy atom. The summed E-state index contributed by atoms with van der Waals surface area (Å²) in [6.07, 6.45) is 0. The maximum Gasteiger partial charge on any atom is 0.301 e. The van der Waals surface area contributed by atoms with Crippen LogP contribution in [-0.4, -0.2) is 0 Å². The zero-order valence-corrected chi connectivity index (χ0v) is 3.76. The highest BCUT2D eigenvalue weighted by molar-refractivity contribution is 8.33. The van der Waals surface area contributed by atoms with Crippen LogP contribution < -0.4 is 10.7 Å². The van der Waals surface area contributed by atoms with Gasteiger partial charge in [0.05, 0.1) is 0 Å². The highest BCUT2D eigenvalue weighted by Gasteiger charge is 1.47. The van der Waals surface area contributed by atoms with Crippen molar-refractivity contribution in [2.45, 2.75) is 0 Å². The molecule has 0 saturated heterocycles. The average molecular weight is 95.1 g/mol. The molecular formula is H4N2PS+. The predicted octanol–water partition coefficient (Wildman–Crippen LogP) is -1.08. The molecule has 0 aliphatic heterocycles. The zero-order chi connectivity index (χ0) is 3.41. The van der Waals surface area contributed by atoms with Gasteiger partial charge in [0, 0.05) is 0 Å². The Hall–Kier alpha value is 0.410. The van der Waals surface area contributed by atoms with Gasteiger partial charge in [-0.3, -0.25) is 0 Å². The summed E-state index contributed by atoms with van der Waals surface area (Å²) in [6.45, 7) is 0. The Kier molecular flexibility index (Phi) is 3.76. The van der Waals surface area contributed by atoms with Crippen LogP contribution in [0, 0.1) is 0 Å². The molecule has 0 rings (SSSR count). The molecule has 4 heteroatoms. The zero-order valence-electron chi connectivity index (χ0n) is 1.97. The van der Waals surface area contributed by atoms with Gasteiger partial charge < -0.3 is 0 Å². The van der Waals surface area contributed by atoms with Crippen molar-refractivity contribution in [3.8, 4) is 0 Å². The molecule has 0 aliphatic carbocycles. The molecule has 0 bridgehead atoms. The fourth-order valence-corrected chi connectivity index (χ4v) is 0. The van der Waals surface area contributed by atoms with Crippen molar-refractivity contribution < 1.29 is 4.85 Å². The average Bonchev–Trinajstić information content (AvgIpc) is 1.37. The molecule has 0 aromatic carbocycles. The van der Waals surface area contributed by atoms with Crippen LogP contribution >= 0.6 is 19.8 Å². The van der Waals surface area contributed by atoms with Gasteiger partial charge in [-0.1, -0.05) is 0 Å². The van der Waals surface area contributed by atoms with Crippen LogP contribution in [0.15, 0.2) is 0 Å². The summed E-state index contributed by atoms with van der Waals surface area (Å²) in [4.78, 5) is 2.27. The number of hydrogen-bond acceptors (Lipinski definition) is 0. The minimum absolute atomic E-state index is 0.721. The third-order valence-corrected chi connectivity index (χ3v) is 0.520. The van der Waals surface area contributed by atoms with Crippen LogP contribution in [0.4, 0.5) is 0 Å². The van der Waals surface area contributed by atoms with E-state index >= 15 is 0 Å². The van der Waals surface area contributed by atoms with Crippen LogP contribution in [0.1, 0.15) is 0 Å². The Labute approximate surface area is 31.4 Å². The summed E-state index contributed by atoms with van der Waals surface area (Å²) in [5.41, 5.74) is 0. The molecule has 24 valence electrons. The smallest absolute Gasteiger partial charge is 0.136 e. The highest BCUT2D eigenvalue weighted by Crippen LogP contribution is 1.84. The van der Waals surface area contributed by atoms with Gasteiger partial charge in [-0.25, -0.2) is 0 Å². The lowest BCUT2D eigenvalue weighted by Crippen LogP contribution is -2.70. The second kappa shape index (κ2) is 3.41. The van der Waals surface area contributed by atoms with Crippen molar-refractivity contribution in [3.63, 3.8) is 0 Å². The van der Waals surface area contributed by atoms with Crippen molar-refractivity contribution >= 4 is 19.8 Å². The van der Waals surface area contributed by atoms with Crippen LogP contribution in [0.5, 0.6) is 0 Å². The molecular weight excluding hydrogens is 91.1 g/mol. The fourth-order valence-electron chi connectivity index (χ4n) is 0. The summed E-state index contributed by atoms with van der Waals surface area (Å²) >= 11 is 3.66. The second-order valence-electron chi connectivity index (χ2n) is 0.229. The van der Waals surface area contributed by atoms with E-state index in [-0.39, 0.29) is 0 Å². The van der Waals surface area contributed by atoms with Gasteiger partial charge in [0.15, 0.2) is 0 Å². The molecule has 0 radical (unpaired) electrons. The normalized spacial score (nSPS) is 9.50. The largest absolute Gasteiger partial charge is 0.301 e. The molecule has 4 heavy (non-hydrogen) atoms. The van der Waals surface area contributed by atoms with Crippen LogP contribution in [0.25, 0.3) is 0 Å². The van der Waals surface area contributed by atoms with Crippen molar-refractivity contribution in [3.05, 3.63) is 0 Å². The van der Waals surface area contributed by atoms with Crippen molar-refractivity contribution in [2.75, 3.05) is 0 Å². The van der Waals surface area contributed by atoms with Crippen molar-refractivity contribution in [1.29, 1.82) is 0 Å². The number of thiol groups is 1. The molecule has 0 aromatic heterocycles. The number of nitrogens with one attached hydrogen (secondary N) is 1. The third-order valence-electron chi connectivity index (χ3n) is 0.0577. The third kappa shape index (κ3) is 2.41. The molecule has 0 aliphatic rings. The molecule has 0 spiro atoms. The van der Waals surface area contributed by atoms with Crippen molar-refractivity contribution in [2.24, 2.45) is 5.84 Å². The lowest BCUT2D eigenvalue weighted by Gasteiger charge is -1.41. The van der Waals surface area contributed by atoms with E-state index in [4.69, 9.17) is 0 Å². The first-order valence-electron chi connectivity index (χ1n) is 0.712. The molecule has 2 nitrogen and oxygen atoms in total. The maximum atomic E-state index is 4.69. The minimum atomic E-state index is 0.721. The molecule has 0 unspecified atom stereocenters. The summed E-state index contributed by atoms with van der Waals surface area (Å²) in [5.74, 6) is 4.69. The Morgan fingerprint density at radius 1 is 2.00 bits per heavy atom. The summed E-state index contributed by atoms with van der Waals surface area (Å²) < 4.78 is 0. The molecule has 3 N–H and O–H groups in total. The van der Waals surface area contributed by atoms with E-state index in [1.165, 1.54) is 0 Å². The standard InChI is InChI=1S/H3N2PS/c1-2-3-4/h1H2,(H,2,4)/p+1. The van der Waals surface area contributed by atoms with Crippen LogP contribution in [-0.2, 0) is 0 Å². The van der Waals surface area contributed by atoms with Gasteiger partial charge in [-0.05, 0) is 12.2 Å². The van der Waals surface area contributed by atoms with Crippen molar-refractivity contribution in [1.82, 2.24) is 0 Å². The van der Waals surface area contributed by atoms with E-state index in [1.54, 1.807) is 0 Å². The van der Waals surface area contributed by atoms with Gasteiger partial charge in [-0.15, -0.1) is 10.7 Å². The number of hydrazine groups is 1. The van der Waals surface area contributed by atoms with Gasteiger partial charge in [0.25, 0.3) is 0 Å². The highest BCUT2D eigenvalue weighted by atomic mass is 32.7. The fraction of sp³-hybridized carbons (Fsp3) is 0. The molecule has 0 fully saturated rings. The number of hydrogen-bond donors (Lipinski definition) is 3. The lowest BCUT2D eigenvalue weighted by molar-refractivity contribution is -0.439. The number of rotatable bonds is 0. The summed E-state index contributed by atoms with van der Waals surface area (Å²) in [6, 6.07) is 0. The van der Waals surface area contributed by atoms with E-state index in [1.807, 2.05) is 0 Å². The van der Waals surface area contributed by atoms with E-state index in [0.29, 0.717) is 0 Å². The van der Waals surface area contributed by atoms with Gasteiger partial charge in [0.1, 0.15) is 0 Å². The maximum absolute atomic E-state index is 4.69. The SMILES string of the molecule is N[NH+]=PS. The first-order valence-corrected chi connectivity index (χ1v) is 2.76. The number of nitrogens with two attached hydrogens (primary N) is 1. The first-order chi connectivity index (χ1) is 1.91. The quantitative estimate of drug-likeness (QED) is 0.152. The van der Waals surface area contributed by atoms with Gasteiger partial charge in [0.2, 0.25) is 0 Å². The van der Waals surface area contributed by atoms with E-state index in [9.17, 15) is 0 Å². The molecule has 0 heterocycles. The Bertz CT molecular complexity index is 21.2. The monoisotopic (exact) mass is 95.0 g/mol. The van der Waals surface area contributed by atoms with Crippen LogP contribution in [0.2, 0.25) is 0 Å². The molecule has 0 aromatic rings. The molecule has 0 saturated carbocycles. The van der Waals surface area contributed by atoms with Gasteiger partial charge in [-0.2, -0.15) is 0 Å². The lowest BCUT2D eigenvalue weighted by atomic mass is 13.0. The van der Waals surface area contributed by atoms with Crippen LogP contribution in [0.3, 0.4) is 0 Å². The van der Waals surface area contributed by atoms with E-state index < -0.39 is 0 Å². The topological polar surface area (TPSA) is 40.0 Å². The Balaban J connectivity index is 2.55. The van der Waals surface area contributed by atoms with Gasteiger partial charge >= 0.3 is 7.57 Å². The second-order valence-corrected chi connectivity index (χ2v) is 1.29. The predicted molar refractivity (Wildman–Crippen MR) is 21.1 cm³/mol.